The van der Waals surface area contributed by atoms with E-state index in [0.29, 0.717) is 24.9 Å². The quantitative estimate of drug-likeness (QED) is 0.454. The van der Waals surface area contributed by atoms with Gasteiger partial charge < -0.3 is 21.7 Å². The lowest BCUT2D eigenvalue weighted by Crippen LogP contribution is -2.54. The van der Waals surface area contributed by atoms with Crippen molar-refractivity contribution in [1.82, 2.24) is 15.5 Å². The van der Waals surface area contributed by atoms with Crippen molar-refractivity contribution in [2.24, 2.45) is 11.5 Å². The van der Waals surface area contributed by atoms with Crippen molar-refractivity contribution in [1.29, 1.82) is 0 Å². The van der Waals surface area contributed by atoms with E-state index in [9.17, 15) is 19.2 Å². The first-order valence-electron chi connectivity index (χ1n) is 9.38. The predicted molar refractivity (Wildman–Crippen MR) is 103 cm³/mol. The number of hydrogen-bond acceptors (Lipinski definition) is 6. The second-order valence-electron chi connectivity index (χ2n) is 6.61. The van der Waals surface area contributed by atoms with Crippen molar-refractivity contribution in [3.63, 3.8) is 0 Å². The molecule has 0 radical (unpaired) electrons. The summed E-state index contributed by atoms with van der Waals surface area (Å²) in [6, 6.07) is 6.69. The minimum absolute atomic E-state index is 0.151. The number of amides is 4. The number of rotatable bonds is 8. The van der Waals surface area contributed by atoms with Gasteiger partial charge in [-0.2, -0.15) is 0 Å². The number of carbonyl (C=O) groups is 4. The molecule has 1 fully saturated rings. The van der Waals surface area contributed by atoms with Crippen LogP contribution in [-0.2, 0) is 14.4 Å². The van der Waals surface area contributed by atoms with E-state index in [-0.39, 0.29) is 31.8 Å². The van der Waals surface area contributed by atoms with Crippen LogP contribution in [0.25, 0.3) is 0 Å². The normalized spacial score (nSPS) is 17.1. The van der Waals surface area contributed by atoms with E-state index in [1.165, 1.54) is 4.90 Å². The molecule has 1 saturated heterocycles. The Morgan fingerprint density at radius 2 is 1.82 bits per heavy atom. The molecule has 0 aromatic heterocycles. The smallest absolute Gasteiger partial charge is 0.257 e. The van der Waals surface area contributed by atoms with Gasteiger partial charge in [0.05, 0.1) is 0 Å². The van der Waals surface area contributed by atoms with Crippen molar-refractivity contribution in [2.45, 2.75) is 37.8 Å². The number of nitrogens with one attached hydrogen (secondary N) is 2. The highest BCUT2D eigenvalue weighted by Gasteiger charge is 2.35. The number of nitrogens with zero attached hydrogens (tertiary/aromatic N) is 1. The van der Waals surface area contributed by atoms with E-state index in [0.717, 1.165) is 0 Å². The largest absolute Gasteiger partial charge is 0.342 e. The number of likely N-dealkylation sites (tertiary alicyclic amines) is 1. The molecule has 0 saturated carbocycles. The molecule has 1 aromatic carbocycles. The highest BCUT2D eigenvalue weighted by atomic mass is 16.2. The predicted octanol–water partition coefficient (Wildman–Crippen LogP) is -0.884. The zero-order valence-corrected chi connectivity index (χ0v) is 15.7. The van der Waals surface area contributed by atoms with Gasteiger partial charge in [0.25, 0.3) is 5.91 Å². The van der Waals surface area contributed by atoms with Crippen LogP contribution in [0, 0.1) is 0 Å². The minimum atomic E-state index is -0.961. The Balaban J connectivity index is 2.00. The van der Waals surface area contributed by atoms with E-state index < -0.39 is 29.8 Å². The van der Waals surface area contributed by atoms with Crippen LogP contribution < -0.4 is 22.1 Å². The molecule has 4 amide bonds. The van der Waals surface area contributed by atoms with Gasteiger partial charge in [-0.25, -0.2) is 0 Å². The summed E-state index contributed by atoms with van der Waals surface area (Å²) in [6.45, 7) is 0.846. The maximum atomic E-state index is 12.7. The topological polar surface area (TPSA) is 148 Å². The summed E-state index contributed by atoms with van der Waals surface area (Å²) in [4.78, 5) is 51.0. The maximum absolute atomic E-state index is 12.7. The molecule has 9 nitrogen and oxygen atoms in total. The van der Waals surface area contributed by atoms with Crippen LogP contribution in [0.2, 0.25) is 0 Å². The third kappa shape index (κ3) is 5.61. The Bertz CT molecular complexity index is 710. The lowest BCUT2D eigenvalue weighted by Gasteiger charge is -2.26. The Hall–Kier alpha value is -2.78. The lowest BCUT2D eigenvalue weighted by molar-refractivity contribution is -0.139. The van der Waals surface area contributed by atoms with Gasteiger partial charge in [-0.15, -0.1) is 0 Å². The lowest BCUT2D eigenvalue weighted by atomic mass is 10.1. The van der Waals surface area contributed by atoms with Crippen molar-refractivity contribution < 1.29 is 19.2 Å². The zero-order chi connectivity index (χ0) is 20.5. The van der Waals surface area contributed by atoms with Gasteiger partial charge in [-0.3, -0.25) is 24.5 Å². The SMILES string of the molecule is NCCC(=O)N1CCC[C@H]1C(=O)N[C@@H](CCN)C(=O)NC(=O)c1ccccc1. The first-order chi connectivity index (χ1) is 13.5. The molecule has 1 aliphatic heterocycles. The van der Waals surface area contributed by atoms with Crippen LogP contribution in [0.5, 0.6) is 0 Å². The third-order valence-corrected chi connectivity index (χ3v) is 4.60. The molecule has 0 aliphatic carbocycles. The van der Waals surface area contributed by atoms with Crippen LogP contribution in [0.15, 0.2) is 30.3 Å². The van der Waals surface area contributed by atoms with Crippen LogP contribution in [0.1, 0.15) is 36.0 Å². The fourth-order valence-corrected chi connectivity index (χ4v) is 3.17. The Morgan fingerprint density at radius 3 is 2.46 bits per heavy atom. The second kappa shape index (κ2) is 10.5. The van der Waals surface area contributed by atoms with Crippen LogP contribution in [0.4, 0.5) is 0 Å². The maximum Gasteiger partial charge on any atom is 0.257 e. The summed E-state index contributed by atoms with van der Waals surface area (Å²) in [5.41, 5.74) is 11.3. The number of nitrogens with two attached hydrogens (primary N) is 2. The monoisotopic (exact) mass is 389 g/mol. The minimum Gasteiger partial charge on any atom is -0.342 e. The molecule has 28 heavy (non-hydrogen) atoms. The molecule has 9 heteroatoms. The van der Waals surface area contributed by atoms with Crippen LogP contribution in [0.3, 0.4) is 0 Å². The molecule has 0 spiro atoms. The van der Waals surface area contributed by atoms with Crippen LogP contribution >= 0.6 is 0 Å². The van der Waals surface area contributed by atoms with Crippen LogP contribution in [-0.4, -0.2) is 60.2 Å². The Labute approximate surface area is 163 Å². The summed E-state index contributed by atoms with van der Waals surface area (Å²) in [7, 11) is 0. The molecule has 1 heterocycles. The summed E-state index contributed by atoms with van der Waals surface area (Å²) < 4.78 is 0. The number of benzene rings is 1. The van der Waals surface area contributed by atoms with Gasteiger partial charge in [0.1, 0.15) is 12.1 Å². The highest BCUT2D eigenvalue weighted by Crippen LogP contribution is 2.18. The van der Waals surface area contributed by atoms with E-state index in [1.54, 1.807) is 30.3 Å². The molecular formula is C19H27N5O4. The van der Waals surface area contributed by atoms with Gasteiger partial charge in [-0.05, 0) is 37.9 Å². The average Bonchev–Trinajstić information content (AvgIpc) is 3.18. The number of carbonyl (C=O) groups excluding carboxylic acids is 4. The zero-order valence-electron chi connectivity index (χ0n) is 15.7. The molecule has 1 aromatic rings. The Morgan fingerprint density at radius 1 is 1.11 bits per heavy atom. The Kier molecular flexibility index (Phi) is 8.09. The van der Waals surface area contributed by atoms with E-state index in [4.69, 9.17) is 11.5 Å². The van der Waals surface area contributed by atoms with E-state index in [1.807, 2.05) is 0 Å². The van der Waals surface area contributed by atoms with Crippen molar-refractivity contribution >= 4 is 23.6 Å². The first-order valence-corrected chi connectivity index (χ1v) is 9.38. The summed E-state index contributed by atoms with van der Waals surface area (Å²) in [6.07, 6.45) is 1.56. The van der Waals surface area contributed by atoms with Gasteiger partial charge >= 0.3 is 0 Å². The molecule has 6 N–H and O–H groups in total. The van der Waals surface area contributed by atoms with Gasteiger partial charge in [0.2, 0.25) is 17.7 Å². The van der Waals surface area contributed by atoms with Gasteiger partial charge in [-0.1, -0.05) is 18.2 Å². The summed E-state index contributed by atoms with van der Waals surface area (Å²) in [5, 5.41) is 4.92. The number of imide groups is 1. The fraction of sp³-hybridized carbons (Fsp3) is 0.474. The van der Waals surface area contributed by atoms with E-state index >= 15 is 0 Å². The molecule has 152 valence electrons. The third-order valence-electron chi connectivity index (χ3n) is 4.60. The molecular weight excluding hydrogens is 362 g/mol. The second-order valence-corrected chi connectivity index (χ2v) is 6.61. The van der Waals surface area contributed by atoms with Crippen molar-refractivity contribution in [3.05, 3.63) is 35.9 Å². The highest BCUT2D eigenvalue weighted by molar-refractivity contribution is 6.06. The molecule has 1 aliphatic rings. The fourth-order valence-electron chi connectivity index (χ4n) is 3.17. The summed E-state index contributed by atoms with van der Waals surface area (Å²) >= 11 is 0. The van der Waals surface area contributed by atoms with Gasteiger partial charge in [0, 0.05) is 25.1 Å². The summed E-state index contributed by atoms with van der Waals surface area (Å²) in [5.74, 6) is -1.80. The van der Waals surface area contributed by atoms with E-state index in [2.05, 4.69) is 10.6 Å². The molecule has 2 atom stereocenters. The molecule has 0 unspecified atom stereocenters. The van der Waals surface area contributed by atoms with Gasteiger partial charge in [0.15, 0.2) is 0 Å². The standard InChI is InChI=1S/C19H27N5O4/c20-10-8-14(18(27)23-17(26)13-5-2-1-3-6-13)22-19(28)15-7-4-12-24(15)16(25)9-11-21/h1-3,5-6,14-15H,4,7-12,20-21H2,(H,22,28)(H,23,26,27)/t14-,15-/m0/s1. The average molecular weight is 389 g/mol. The molecule has 0 bridgehead atoms. The molecule has 2 rings (SSSR count). The van der Waals surface area contributed by atoms with Crippen molar-refractivity contribution in [2.75, 3.05) is 19.6 Å². The number of hydrogen-bond donors (Lipinski definition) is 4. The van der Waals surface area contributed by atoms with Crippen molar-refractivity contribution in [3.8, 4) is 0 Å². The first kappa shape index (κ1) is 21.5.